The quantitative estimate of drug-likeness (QED) is 0.522. The van der Waals surface area contributed by atoms with E-state index in [-0.39, 0.29) is 17.5 Å². The van der Waals surface area contributed by atoms with Gasteiger partial charge < -0.3 is 5.32 Å². The minimum absolute atomic E-state index is 0.0573. The zero-order valence-electron chi connectivity index (χ0n) is 12.1. The van der Waals surface area contributed by atoms with Crippen molar-refractivity contribution in [2.24, 2.45) is 5.92 Å². The van der Waals surface area contributed by atoms with Crippen LogP contribution in [0.25, 0.3) is 0 Å². The van der Waals surface area contributed by atoms with Gasteiger partial charge in [-0.25, -0.2) is 4.79 Å². The summed E-state index contributed by atoms with van der Waals surface area (Å²) in [4.78, 5) is 35.8. The van der Waals surface area contributed by atoms with Gasteiger partial charge in [-0.05, 0) is 30.5 Å². The highest BCUT2D eigenvalue weighted by atomic mass is 16.6. The smallest absolute Gasteiger partial charge is 0.319 e. The van der Waals surface area contributed by atoms with Gasteiger partial charge in [-0.2, -0.15) is 0 Å². The van der Waals surface area contributed by atoms with Crippen molar-refractivity contribution in [3.63, 3.8) is 0 Å². The predicted octanol–water partition coefficient (Wildman–Crippen LogP) is 2.02. The molecule has 0 radical (unpaired) electrons. The third-order valence-electron chi connectivity index (χ3n) is 3.48. The Morgan fingerprint density at radius 3 is 2.33 bits per heavy atom. The van der Waals surface area contributed by atoms with Crippen LogP contribution in [0.15, 0.2) is 24.3 Å². The van der Waals surface area contributed by atoms with Crippen LogP contribution in [0.4, 0.5) is 10.5 Å². The Labute approximate surface area is 122 Å². The number of amides is 3. The van der Waals surface area contributed by atoms with Crippen molar-refractivity contribution < 1.29 is 14.5 Å². The second kappa shape index (κ2) is 5.16. The first-order chi connectivity index (χ1) is 9.75. The molecule has 1 aliphatic rings. The van der Waals surface area contributed by atoms with Gasteiger partial charge in [-0.15, -0.1) is 0 Å². The second-order valence-corrected chi connectivity index (χ2v) is 5.67. The summed E-state index contributed by atoms with van der Waals surface area (Å²) in [6, 6.07) is 5.20. The number of carbonyl (C=O) groups is 2. The maximum atomic E-state index is 12.5. The van der Waals surface area contributed by atoms with Crippen LogP contribution in [-0.4, -0.2) is 28.3 Å². The molecule has 0 aliphatic carbocycles. The van der Waals surface area contributed by atoms with Crippen LogP contribution >= 0.6 is 0 Å². The van der Waals surface area contributed by atoms with E-state index in [0.717, 1.165) is 0 Å². The van der Waals surface area contributed by atoms with Gasteiger partial charge in [0.2, 0.25) is 0 Å². The lowest BCUT2D eigenvalue weighted by Gasteiger charge is -2.22. The molecule has 0 bridgehead atoms. The standard InChI is InChI=1S/C14H17N3O4/c1-9(2)8-16-12(18)14(3,15-13(16)19)10-4-6-11(7-5-10)17(20)21/h4-7,9H,8H2,1-3H3,(H,15,19)/t14-/m0/s1. The Bertz CT molecular complexity index is 597. The predicted molar refractivity (Wildman–Crippen MR) is 75.5 cm³/mol. The summed E-state index contributed by atoms with van der Waals surface area (Å²) in [7, 11) is 0. The van der Waals surface area contributed by atoms with E-state index in [1.54, 1.807) is 6.92 Å². The molecule has 3 amide bonds. The Morgan fingerprint density at radius 1 is 1.29 bits per heavy atom. The summed E-state index contributed by atoms with van der Waals surface area (Å²) in [6.07, 6.45) is 0. The normalized spacial score (nSPS) is 21.8. The van der Waals surface area contributed by atoms with E-state index < -0.39 is 16.5 Å². The molecule has 1 aromatic carbocycles. The molecule has 0 saturated carbocycles. The number of hydrogen-bond donors (Lipinski definition) is 1. The van der Waals surface area contributed by atoms with Crippen molar-refractivity contribution in [3.05, 3.63) is 39.9 Å². The van der Waals surface area contributed by atoms with Crippen LogP contribution in [-0.2, 0) is 10.3 Å². The molecule has 1 saturated heterocycles. The van der Waals surface area contributed by atoms with Crippen molar-refractivity contribution in [1.82, 2.24) is 10.2 Å². The highest BCUT2D eigenvalue weighted by Crippen LogP contribution is 2.30. The Morgan fingerprint density at radius 2 is 1.86 bits per heavy atom. The van der Waals surface area contributed by atoms with E-state index in [2.05, 4.69) is 5.32 Å². The van der Waals surface area contributed by atoms with Crippen molar-refractivity contribution in [2.75, 3.05) is 6.54 Å². The summed E-state index contributed by atoms with van der Waals surface area (Å²) in [5, 5.41) is 13.3. The van der Waals surface area contributed by atoms with Crippen LogP contribution in [0.2, 0.25) is 0 Å². The van der Waals surface area contributed by atoms with Crippen LogP contribution in [0.3, 0.4) is 0 Å². The molecule has 2 rings (SSSR count). The molecule has 7 nitrogen and oxygen atoms in total. The van der Waals surface area contributed by atoms with Gasteiger partial charge in [0.1, 0.15) is 5.54 Å². The number of carbonyl (C=O) groups excluding carboxylic acids is 2. The SMILES string of the molecule is CC(C)CN1C(=O)N[C@@](C)(c2ccc([N+](=O)[O-])cc2)C1=O. The van der Waals surface area contributed by atoms with Crippen molar-refractivity contribution in [1.29, 1.82) is 0 Å². The Balaban J connectivity index is 2.32. The first-order valence-electron chi connectivity index (χ1n) is 6.64. The van der Waals surface area contributed by atoms with Gasteiger partial charge in [0, 0.05) is 18.7 Å². The first kappa shape index (κ1) is 15.0. The maximum Gasteiger partial charge on any atom is 0.325 e. The van der Waals surface area contributed by atoms with Crippen LogP contribution in [0, 0.1) is 16.0 Å². The maximum absolute atomic E-state index is 12.5. The molecule has 0 aromatic heterocycles. The molecule has 1 aliphatic heterocycles. The summed E-state index contributed by atoms with van der Waals surface area (Å²) in [5.41, 5.74) is -0.711. The van der Waals surface area contributed by atoms with Gasteiger partial charge >= 0.3 is 6.03 Å². The van der Waals surface area contributed by atoms with E-state index in [0.29, 0.717) is 12.1 Å². The fourth-order valence-corrected chi connectivity index (χ4v) is 2.34. The number of imide groups is 1. The highest BCUT2D eigenvalue weighted by molar-refractivity contribution is 6.07. The molecule has 7 heteroatoms. The molecule has 21 heavy (non-hydrogen) atoms. The zero-order valence-corrected chi connectivity index (χ0v) is 12.1. The molecule has 1 N–H and O–H groups in total. The minimum Gasteiger partial charge on any atom is -0.319 e. The lowest BCUT2D eigenvalue weighted by molar-refractivity contribution is -0.384. The number of nitrogens with zero attached hydrogens (tertiary/aromatic N) is 2. The van der Waals surface area contributed by atoms with Crippen molar-refractivity contribution >= 4 is 17.6 Å². The number of hydrogen-bond acceptors (Lipinski definition) is 4. The zero-order chi connectivity index (χ0) is 15.8. The number of nitrogens with one attached hydrogen (secondary N) is 1. The molecule has 1 fully saturated rings. The third-order valence-corrected chi connectivity index (χ3v) is 3.48. The molecule has 0 spiro atoms. The number of nitro groups is 1. The topological polar surface area (TPSA) is 92.6 Å². The summed E-state index contributed by atoms with van der Waals surface area (Å²) >= 11 is 0. The Hall–Kier alpha value is -2.44. The average Bonchev–Trinajstić information content (AvgIpc) is 2.63. The highest BCUT2D eigenvalue weighted by Gasteiger charge is 2.48. The molecule has 1 aromatic rings. The van der Waals surface area contributed by atoms with Gasteiger partial charge in [-0.1, -0.05) is 13.8 Å². The molecule has 1 heterocycles. The number of rotatable bonds is 4. The number of benzene rings is 1. The summed E-state index contributed by atoms with van der Waals surface area (Å²) in [6.45, 7) is 5.78. The van der Waals surface area contributed by atoms with Crippen molar-refractivity contribution in [3.8, 4) is 0 Å². The van der Waals surface area contributed by atoms with E-state index in [1.165, 1.54) is 29.2 Å². The molecule has 1 atom stereocenters. The fourth-order valence-electron chi connectivity index (χ4n) is 2.34. The van der Waals surface area contributed by atoms with Crippen LogP contribution < -0.4 is 5.32 Å². The average molecular weight is 291 g/mol. The monoisotopic (exact) mass is 291 g/mol. The Kier molecular flexibility index (Phi) is 3.67. The van der Waals surface area contributed by atoms with E-state index in [4.69, 9.17) is 0 Å². The summed E-state index contributed by atoms with van der Waals surface area (Å²) in [5.74, 6) is -0.172. The summed E-state index contributed by atoms with van der Waals surface area (Å²) < 4.78 is 0. The van der Waals surface area contributed by atoms with Gasteiger partial charge in [0.05, 0.1) is 4.92 Å². The fraction of sp³-hybridized carbons (Fsp3) is 0.429. The van der Waals surface area contributed by atoms with Crippen molar-refractivity contribution in [2.45, 2.75) is 26.3 Å². The number of nitro benzene ring substituents is 1. The van der Waals surface area contributed by atoms with E-state index in [9.17, 15) is 19.7 Å². The van der Waals surface area contributed by atoms with Gasteiger partial charge in [0.25, 0.3) is 11.6 Å². The van der Waals surface area contributed by atoms with E-state index in [1.807, 2.05) is 13.8 Å². The minimum atomic E-state index is -1.18. The van der Waals surface area contributed by atoms with Gasteiger partial charge in [0.15, 0.2) is 0 Å². The van der Waals surface area contributed by atoms with Crippen LogP contribution in [0.1, 0.15) is 26.3 Å². The molecular formula is C14H17N3O4. The number of urea groups is 1. The molecule has 112 valence electrons. The lowest BCUT2D eigenvalue weighted by atomic mass is 9.92. The largest absolute Gasteiger partial charge is 0.325 e. The molecule has 0 unspecified atom stereocenters. The lowest BCUT2D eigenvalue weighted by Crippen LogP contribution is -2.41. The molecular weight excluding hydrogens is 274 g/mol. The second-order valence-electron chi connectivity index (χ2n) is 5.67. The number of non-ortho nitro benzene ring substituents is 1. The third kappa shape index (κ3) is 2.58. The van der Waals surface area contributed by atoms with Gasteiger partial charge in [-0.3, -0.25) is 19.8 Å². The first-order valence-corrected chi connectivity index (χ1v) is 6.64. The van der Waals surface area contributed by atoms with E-state index >= 15 is 0 Å². The van der Waals surface area contributed by atoms with Crippen LogP contribution in [0.5, 0.6) is 0 Å².